The third kappa shape index (κ3) is 7.37. The minimum Gasteiger partial charge on any atom is -0.497 e. The molecule has 0 amide bonds. The molecule has 18 heavy (non-hydrogen) atoms. The van der Waals surface area contributed by atoms with Crippen LogP contribution in [0.4, 0.5) is 0 Å². The summed E-state index contributed by atoms with van der Waals surface area (Å²) in [6, 6.07) is 8.46. The fourth-order valence-electron chi connectivity index (χ4n) is 1.83. The molecule has 0 radical (unpaired) electrons. The fourth-order valence-corrected chi connectivity index (χ4v) is 1.83. The second-order valence-corrected chi connectivity index (χ2v) is 3.67. The van der Waals surface area contributed by atoms with Gasteiger partial charge in [-0.25, -0.2) is 0 Å². The normalized spacial score (nSPS) is 10.4. The molecule has 106 valence electrons. The number of benzene rings is 1. The Morgan fingerprint density at radius 3 is 1.78 bits per heavy atom. The number of hydrogen-bond acceptors (Lipinski definition) is 1. The van der Waals surface area contributed by atoms with Crippen LogP contribution in [0.5, 0.6) is 5.75 Å². The van der Waals surface area contributed by atoms with Gasteiger partial charge in [-0.05, 0) is 36.5 Å². The zero-order chi connectivity index (χ0) is 14.4. The van der Waals surface area contributed by atoms with Crippen molar-refractivity contribution in [3.63, 3.8) is 0 Å². The van der Waals surface area contributed by atoms with E-state index in [-0.39, 0.29) is 0 Å². The molecule has 0 heterocycles. The summed E-state index contributed by atoms with van der Waals surface area (Å²) in [5, 5.41) is 0. The van der Waals surface area contributed by atoms with E-state index in [0.29, 0.717) is 5.92 Å². The van der Waals surface area contributed by atoms with Gasteiger partial charge in [-0.3, -0.25) is 0 Å². The lowest BCUT2D eigenvalue weighted by Crippen LogP contribution is -1.96. The minimum atomic E-state index is 0.714. The number of methoxy groups -OCH3 is 1. The summed E-state index contributed by atoms with van der Waals surface area (Å²) >= 11 is 0. The number of rotatable bonds is 5. The van der Waals surface area contributed by atoms with Crippen LogP contribution < -0.4 is 4.74 Å². The van der Waals surface area contributed by atoms with Crippen LogP contribution in [0.3, 0.4) is 0 Å². The lowest BCUT2D eigenvalue weighted by molar-refractivity contribution is 0.414. The summed E-state index contributed by atoms with van der Waals surface area (Å²) in [5.41, 5.74) is 1.44. The van der Waals surface area contributed by atoms with E-state index in [2.05, 4.69) is 26.0 Å². The maximum absolute atomic E-state index is 5.14. The molecule has 0 aliphatic rings. The average molecular weight is 252 g/mol. The molecule has 1 nitrogen and oxygen atoms in total. The predicted octanol–water partition coefficient (Wildman–Crippen LogP) is 6.04. The van der Waals surface area contributed by atoms with E-state index >= 15 is 0 Å². The Morgan fingerprint density at radius 1 is 0.944 bits per heavy atom. The lowest BCUT2D eigenvalue weighted by atomic mass is 9.92. The van der Waals surface area contributed by atoms with Gasteiger partial charge in [0.25, 0.3) is 0 Å². The Hall–Kier alpha value is -0.980. The van der Waals surface area contributed by atoms with Crippen molar-refractivity contribution >= 4 is 0 Å². The summed E-state index contributed by atoms with van der Waals surface area (Å²) in [6.07, 6.45) is 3.76. The van der Waals surface area contributed by atoms with Crippen LogP contribution in [0.25, 0.3) is 0 Å². The number of ether oxygens (including phenoxy) is 1. The van der Waals surface area contributed by atoms with Gasteiger partial charge >= 0.3 is 0 Å². The molecule has 1 heteroatoms. The molecule has 1 unspecified atom stereocenters. The molecule has 0 N–H and O–H groups in total. The Labute approximate surface area is 115 Å². The Morgan fingerprint density at radius 2 is 1.44 bits per heavy atom. The maximum Gasteiger partial charge on any atom is 0.118 e. The monoisotopic (exact) mass is 252 g/mol. The highest BCUT2D eigenvalue weighted by molar-refractivity contribution is 5.29. The van der Waals surface area contributed by atoms with Crippen molar-refractivity contribution in [3.05, 3.63) is 29.8 Å². The van der Waals surface area contributed by atoms with Gasteiger partial charge in [-0.1, -0.05) is 60.1 Å². The smallest absolute Gasteiger partial charge is 0.118 e. The molecule has 0 saturated heterocycles. The molecule has 0 bridgehead atoms. The van der Waals surface area contributed by atoms with Crippen LogP contribution >= 0.6 is 0 Å². The first-order valence-electron chi connectivity index (χ1n) is 7.45. The molecule has 0 aliphatic heterocycles. The van der Waals surface area contributed by atoms with E-state index in [1.165, 1.54) is 24.8 Å². The van der Waals surface area contributed by atoms with E-state index in [0.717, 1.165) is 5.75 Å². The molecule has 1 atom stereocenters. The lowest BCUT2D eigenvalue weighted by Gasteiger charge is -2.14. The topological polar surface area (TPSA) is 9.23 Å². The fraction of sp³-hybridized carbons (Fsp3) is 0.647. The van der Waals surface area contributed by atoms with Crippen molar-refractivity contribution in [3.8, 4) is 5.75 Å². The van der Waals surface area contributed by atoms with Crippen molar-refractivity contribution in [2.45, 2.75) is 66.7 Å². The molecular formula is C17H32O. The van der Waals surface area contributed by atoms with E-state index in [4.69, 9.17) is 4.74 Å². The summed E-state index contributed by atoms with van der Waals surface area (Å²) in [5.74, 6) is 1.66. The van der Waals surface area contributed by atoms with Crippen LogP contribution in [0.15, 0.2) is 24.3 Å². The molecule has 1 aromatic rings. The summed E-state index contributed by atoms with van der Waals surface area (Å²) in [6.45, 7) is 12.5. The second kappa shape index (κ2) is 14.1. The maximum atomic E-state index is 5.14. The third-order valence-electron chi connectivity index (χ3n) is 2.72. The van der Waals surface area contributed by atoms with E-state index in [1.54, 1.807) is 7.11 Å². The van der Waals surface area contributed by atoms with Crippen molar-refractivity contribution in [2.75, 3.05) is 7.11 Å². The highest BCUT2D eigenvalue weighted by atomic mass is 16.5. The largest absolute Gasteiger partial charge is 0.497 e. The van der Waals surface area contributed by atoms with Crippen LogP contribution in [-0.2, 0) is 0 Å². The predicted molar refractivity (Wildman–Crippen MR) is 83.6 cm³/mol. The molecule has 0 aromatic heterocycles. The summed E-state index contributed by atoms with van der Waals surface area (Å²) in [4.78, 5) is 0. The minimum absolute atomic E-state index is 0.714. The Bertz CT molecular complexity index is 251. The summed E-state index contributed by atoms with van der Waals surface area (Å²) in [7, 11) is 1.71. The highest BCUT2D eigenvalue weighted by Crippen LogP contribution is 2.26. The van der Waals surface area contributed by atoms with Gasteiger partial charge in [0.2, 0.25) is 0 Å². The van der Waals surface area contributed by atoms with Gasteiger partial charge in [-0.15, -0.1) is 0 Å². The molecule has 0 fully saturated rings. The van der Waals surface area contributed by atoms with Gasteiger partial charge in [-0.2, -0.15) is 0 Å². The van der Waals surface area contributed by atoms with Crippen LogP contribution in [-0.4, -0.2) is 7.11 Å². The van der Waals surface area contributed by atoms with Gasteiger partial charge in [0.05, 0.1) is 7.11 Å². The van der Waals surface area contributed by atoms with Gasteiger partial charge < -0.3 is 4.74 Å². The molecule has 1 aromatic carbocycles. The van der Waals surface area contributed by atoms with Gasteiger partial charge in [0.15, 0.2) is 0 Å². The Balaban J connectivity index is 0. The zero-order valence-corrected chi connectivity index (χ0v) is 13.4. The van der Waals surface area contributed by atoms with Crippen LogP contribution in [0.2, 0.25) is 0 Å². The van der Waals surface area contributed by atoms with Gasteiger partial charge in [0.1, 0.15) is 5.75 Å². The van der Waals surface area contributed by atoms with Crippen molar-refractivity contribution in [1.82, 2.24) is 0 Å². The van der Waals surface area contributed by atoms with Crippen LogP contribution in [0.1, 0.15) is 72.3 Å². The molecule has 1 rings (SSSR count). The SMILES string of the molecule is CC.CC.CCCC(CC)c1ccc(OC)cc1. The average Bonchev–Trinajstić information content (AvgIpc) is 2.49. The first-order valence-corrected chi connectivity index (χ1v) is 7.45. The van der Waals surface area contributed by atoms with Crippen molar-refractivity contribution < 1.29 is 4.74 Å². The molecule has 0 aliphatic carbocycles. The molecule has 0 spiro atoms. The highest BCUT2D eigenvalue weighted by Gasteiger charge is 2.07. The summed E-state index contributed by atoms with van der Waals surface area (Å²) < 4.78 is 5.14. The third-order valence-corrected chi connectivity index (χ3v) is 2.72. The Kier molecular flexibility index (Phi) is 15.1. The van der Waals surface area contributed by atoms with Crippen molar-refractivity contribution in [2.24, 2.45) is 0 Å². The quantitative estimate of drug-likeness (QED) is 0.620. The number of hydrogen-bond donors (Lipinski definition) is 0. The van der Waals surface area contributed by atoms with Gasteiger partial charge in [0, 0.05) is 0 Å². The van der Waals surface area contributed by atoms with Crippen molar-refractivity contribution in [1.29, 1.82) is 0 Å². The second-order valence-electron chi connectivity index (χ2n) is 3.67. The van der Waals surface area contributed by atoms with Crippen LogP contribution in [0, 0.1) is 0 Å². The zero-order valence-electron chi connectivity index (χ0n) is 13.4. The first-order chi connectivity index (χ1) is 8.81. The molecular weight excluding hydrogens is 220 g/mol. The van der Waals surface area contributed by atoms with E-state index in [9.17, 15) is 0 Å². The molecule has 0 saturated carbocycles. The van der Waals surface area contributed by atoms with E-state index < -0.39 is 0 Å². The first kappa shape index (κ1) is 19.4. The standard InChI is InChI=1S/C13H20O.2C2H6/c1-4-6-11(5-2)12-7-9-13(14-3)10-8-12;2*1-2/h7-11H,4-6H2,1-3H3;2*1-2H3. The van der Waals surface area contributed by atoms with E-state index in [1.807, 2.05) is 39.8 Å².